The average Bonchev–Trinajstić information content (AvgIpc) is 2.41. The van der Waals surface area contributed by atoms with Crippen molar-refractivity contribution >= 4 is 11.7 Å². The second-order valence-corrected chi connectivity index (χ2v) is 4.12. The Labute approximate surface area is 111 Å². The van der Waals surface area contributed by atoms with E-state index in [4.69, 9.17) is 15.6 Å². The third-order valence-corrected chi connectivity index (χ3v) is 2.83. The van der Waals surface area contributed by atoms with Gasteiger partial charge in [0, 0.05) is 0 Å². The first-order valence-electron chi connectivity index (χ1n) is 6.00. The first-order chi connectivity index (χ1) is 9.11. The number of rotatable bonds is 4. The number of nitrogen functional groups attached to an aromatic ring is 1. The molecule has 0 bridgehead atoms. The number of carboxylic acid groups (broad SMARTS) is 1. The molecule has 0 saturated carbocycles. The predicted molar refractivity (Wildman–Crippen MR) is 73.7 cm³/mol. The van der Waals surface area contributed by atoms with Crippen molar-refractivity contribution in [2.75, 3.05) is 5.73 Å². The van der Waals surface area contributed by atoms with Crippen LogP contribution in [0.3, 0.4) is 0 Å². The van der Waals surface area contributed by atoms with Gasteiger partial charge in [-0.2, -0.15) is 0 Å². The molecule has 3 N–H and O–H groups in total. The van der Waals surface area contributed by atoms with Crippen LogP contribution in [0.4, 0.5) is 5.69 Å². The molecule has 0 atom stereocenters. The second-order valence-electron chi connectivity index (χ2n) is 4.12. The molecule has 0 aliphatic heterocycles. The highest BCUT2D eigenvalue weighted by atomic mass is 16.5. The van der Waals surface area contributed by atoms with E-state index in [2.05, 4.69) is 0 Å². The summed E-state index contributed by atoms with van der Waals surface area (Å²) in [4.78, 5) is 10.9. The number of aryl methyl sites for hydroxylation is 1. The van der Waals surface area contributed by atoms with Crippen LogP contribution in [0.5, 0.6) is 11.5 Å². The molecule has 2 aromatic carbocycles. The number of hydrogen-bond acceptors (Lipinski definition) is 3. The van der Waals surface area contributed by atoms with Crippen LogP contribution >= 0.6 is 0 Å². The van der Waals surface area contributed by atoms with Crippen LogP contribution in [-0.2, 0) is 6.42 Å². The maximum absolute atomic E-state index is 10.9. The van der Waals surface area contributed by atoms with Crippen molar-refractivity contribution < 1.29 is 14.6 Å². The van der Waals surface area contributed by atoms with E-state index in [1.165, 1.54) is 18.2 Å². The molecule has 0 spiro atoms. The Morgan fingerprint density at radius 2 is 1.95 bits per heavy atom. The molecule has 4 nitrogen and oxygen atoms in total. The minimum absolute atomic E-state index is 0.151. The Morgan fingerprint density at radius 3 is 2.63 bits per heavy atom. The summed E-state index contributed by atoms with van der Waals surface area (Å²) in [5.74, 6) is 0.0497. The maximum atomic E-state index is 10.9. The molecular weight excluding hydrogens is 242 g/mol. The van der Waals surface area contributed by atoms with E-state index in [1.54, 1.807) is 0 Å². The number of hydrogen-bond donors (Lipinski definition) is 2. The first-order valence-corrected chi connectivity index (χ1v) is 6.00. The molecule has 0 amide bonds. The molecule has 0 fully saturated rings. The molecule has 19 heavy (non-hydrogen) atoms. The van der Waals surface area contributed by atoms with Gasteiger partial charge in [-0.3, -0.25) is 0 Å². The van der Waals surface area contributed by atoms with Gasteiger partial charge in [0.15, 0.2) is 5.75 Å². The lowest BCUT2D eigenvalue weighted by Crippen LogP contribution is -2.00. The highest BCUT2D eigenvalue weighted by molar-refractivity contribution is 5.89. The van der Waals surface area contributed by atoms with Gasteiger partial charge in [-0.05, 0) is 36.2 Å². The number of aromatic carboxylic acids is 1. The lowest BCUT2D eigenvalue weighted by atomic mass is 10.1. The zero-order chi connectivity index (χ0) is 13.8. The molecule has 98 valence electrons. The van der Waals surface area contributed by atoms with Crippen LogP contribution in [0, 0.1) is 0 Å². The summed E-state index contributed by atoms with van der Waals surface area (Å²) < 4.78 is 5.73. The lowest BCUT2D eigenvalue weighted by molar-refractivity contribution is 0.0696. The quantitative estimate of drug-likeness (QED) is 0.824. The van der Waals surface area contributed by atoms with E-state index in [1.807, 2.05) is 31.2 Å². The van der Waals surface area contributed by atoms with Gasteiger partial charge in [0.2, 0.25) is 0 Å². The summed E-state index contributed by atoms with van der Waals surface area (Å²) in [6, 6.07) is 12.0. The summed E-state index contributed by atoms with van der Waals surface area (Å²) in [6.07, 6.45) is 0.828. The number of nitrogens with two attached hydrogens (primary N) is 1. The van der Waals surface area contributed by atoms with E-state index in [0.29, 0.717) is 17.2 Å². The average molecular weight is 257 g/mol. The fourth-order valence-corrected chi connectivity index (χ4v) is 1.77. The molecule has 0 saturated heterocycles. The van der Waals surface area contributed by atoms with Crippen LogP contribution in [0.15, 0.2) is 42.5 Å². The topological polar surface area (TPSA) is 72.5 Å². The van der Waals surface area contributed by atoms with Crippen molar-refractivity contribution in [2.24, 2.45) is 0 Å². The lowest BCUT2D eigenvalue weighted by Gasteiger charge is -2.12. The fourth-order valence-electron chi connectivity index (χ4n) is 1.77. The Kier molecular flexibility index (Phi) is 3.71. The molecule has 0 aliphatic carbocycles. The van der Waals surface area contributed by atoms with Crippen LogP contribution in [0.1, 0.15) is 22.8 Å². The van der Waals surface area contributed by atoms with Gasteiger partial charge >= 0.3 is 5.97 Å². The zero-order valence-corrected chi connectivity index (χ0v) is 10.6. The predicted octanol–water partition coefficient (Wildman–Crippen LogP) is 3.32. The normalized spacial score (nSPS) is 10.2. The summed E-state index contributed by atoms with van der Waals surface area (Å²) in [6.45, 7) is 2.03. The molecule has 0 unspecified atom stereocenters. The van der Waals surface area contributed by atoms with Crippen molar-refractivity contribution in [2.45, 2.75) is 13.3 Å². The van der Waals surface area contributed by atoms with Crippen molar-refractivity contribution in [1.82, 2.24) is 0 Å². The number of carboxylic acids is 1. The van der Waals surface area contributed by atoms with Gasteiger partial charge in [0.05, 0.1) is 11.3 Å². The minimum atomic E-state index is -1.01. The van der Waals surface area contributed by atoms with E-state index < -0.39 is 5.97 Å². The van der Waals surface area contributed by atoms with E-state index >= 15 is 0 Å². The maximum Gasteiger partial charge on any atom is 0.335 e. The summed E-state index contributed by atoms with van der Waals surface area (Å²) in [5.41, 5.74) is 7.42. The smallest absolute Gasteiger partial charge is 0.335 e. The van der Waals surface area contributed by atoms with Crippen molar-refractivity contribution in [3.63, 3.8) is 0 Å². The zero-order valence-electron chi connectivity index (χ0n) is 10.6. The van der Waals surface area contributed by atoms with Crippen LogP contribution in [-0.4, -0.2) is 11.1 Å². The SMILES string of the molecule is CCc1ccccc1Oc1cc(C(=O)O)ccc1N. The third-order valence-electron chi connectivity index (χ3n) is 2.83. The third kappa shape index (κ3) is 2.85. The van der Waals surface area contributed by atoms with Crippen molar-refractivity contribution in [3.05, 3.63) is 53.6 Å². The van der Waals surface area contributed by atoms with Gasteiger partial charge in [-0.1, -0.05) is 25.1 Å². The Balaban J connectivity index is 2.37. The molecule has 2 aromatic rings. The van der Waals surface area contributed by atoms with Gasteiger partial charge in [-0.15, -0.1) is 0 Å². The van der Waals surface area contributed by atoms with Gasteiger partial charge in [-0.25, -0.2) is 4.79 Å². The Morgan fingerprint density at radius 1 is 1.21 bits per heavy atom. The van der Waals surface area contributed by atoms with Gasteiger partial charge in [0.1, 0.15) is 5.75 Å². The summed E-state index contributed by atoms with van der Waals surface area (Å²) >= 11 is 0. The second kappa shape index (κ2) is 5.44. The van der Waals surface area contributed by atoms with Crippen molar-refractivity contribution in [1.29, 1.82) is 0 Å². The molecule has 4 heteroatoms. The molecule has 2 rings (SSSR count). The van der Waals surface area contributed by atoms with Crippen LogP contribution in [0.25, 0.3) is 0 Å². The van der Waals surface area contributed by atoms with Crippen LogP contribution in [0.2, 0.25) is 0 Å². The minimum Gasteiger partial charge on any atom is -0.478 e. The molecule has 0 heterocycles. The summed E-state index contributed by atoms with van der Waals surface area (Å²) in [5, 5.41) is 8.97. The Hall–Kier alpha value is -2.49. The van der Waals surface area contributed by atoms with E-state index in [9.17, 15) is 4.79 Å². The van der Waals surface area contributed by atoms with Crippen LogP contribution < -0.4 is 10.5 Å². The standard InChI is InChI=1S/C15H15NO3/c1-2-10-5-3-4-6-13(10)19-14-9-11(15(17)18)7-8-12(14)16/h3-9H,2,16H2,1H3,(H,17,18). The van der Waals surface area contributed by atoms with Gasteiger partial charge < -0.3 is 15.6 Å². The molecule has 0 aromatic heterocycles. The van der Waals surface area contributed by atoms with E-state index in [0.717, 1.165) is 12.0 Å². The highest BCUT2D eigenvalue weighted by Crippen LogP contribution is 2.30. The number of carbonyl (C=O) groups is 1. The van der Waals surface area contributed by atoms with Gasteiger partial charge in [0.25, 0.3) is 0 Å². The molecular formula is C15H15NO3. The first kappa shape index (κ1) is 13.0. The van der Waals surface area contributed by atoms with Crippen molar-refractivity contribution in [3.8, 4) is 11.5 Å². The number of benzene rings is 2. The molecule has 0 aliphatic rings. The summed E-state index contributed by atoms with van der Waals surface area (Å²) in [7, 11) is 0. The highest BCUT2D eigenvalue weighted by Gasteiger charge is 2.10. The molecule has 0 radical (unpaired) electrons. The number of ether oxygens (including phenoxy) is 1. The Bertz CT molecular complexity index is 608. The largest absolute Gasteiger partial charge is 0.478 e. The number of anilines is 1. The number of para-hydroxylation sites is 1. The van der Waals surface area contributed by atoms with E-state index in [-0.39, 0.29) is 5.56 Å². The monoisotopic (exact) mass is 257 g/mol. The fraction of sp³-hybridized carbons (Fsp3) is 0.133.